The van der Waals surface area contributed by atoms with Crippen LogP contribution in [0, 0.1) is 0 Å². The van der Waals surface area contributed by atoms with Gasteiger partial charge in [-0.15, -0.1) is 0 Å². The monoisotopic (exact) mass is 212 g/mol. The van der Waals surface area contributed by atoms with E-state index in [1.165, 1.54) is 6.33 Å². The van der Waals surface area contributed by atoms with Crippen molar-refractivity contribution in [1.29, 1.82) is 0 Å². The van der Waals surface area contributed by atoms with Gasteiger partial charge in [0.1, 0.15) is 6.33 Å². The van der Waals surface area contributed by atoms with Gasteiger partial charge in [-0.2, -0.15) is 0 Å². The topological polar surface area (TPSA) is 79.3 Å². The Bertz CT molecular complexity index is 317. The van der Waals surface area contributed by atoms with E-state index < -0.39 is 6.10 Å². The molecule has 0 aromatic carbocycles. The predicted octanol–water partition coefficient (Wildman–Crippen LogP) is 0.320. The highest BCUT2D eigenvalue weighted by Crippen LogP contribution is 2.28. The molecule has 0 aliphatic heterocycles. The Morgan fingerprint density at radius 2 is 2.13 bits per heavy atom. The lowest BCUT2D eigenvalue weighted by molar-refractivity contribution is 0.208. The van der Waals surface area contributed by atoms with Crippen LogP contribution >= 0.6 is 0 Å². The molecule has 6 heteroatoms. The van der Waals surface area contributed by atoms with Crippen molar-refractivity contribution < 1.29 is 9.84 Å². The standard InChI is InChI=1S/C9H16N4O2/c1-6(14)4-11-9-7(15-3)8(10-2)12-5-13-9/h5-6,14H,4H2,1-3H3,(H2,10,11,12,13). The smallest absolute Gasteiger partial charge is 0.204 e. The third kappa shape index (κ3) is 2.95. The average Bonchev–Trinajstić information content (AvgIpc) is 2.25. The Balaban J connectivity index is 2.86. The predicted molar refractivity (Wildman–Crippen MR) is 58.3 cm³/mol. The molecule has 0 radical (unpaired) electrons. The number of nitrogens with one attached hydrogen (secondary N) is 2. The lowest BCUT2D eigenvalue weighted by Gasteiger charge is -2.13. The van der Waals surface area contributed by atoms with Gasteiger partial charge in [-0.1, -0.05) is 0 Å². The fourth-order valence-electron chi connectivity index (χ4n) is 1.12. The number of aromatic nitrogens is 2. The SMILES string of the molecule is CNc1ncnc(NCC(C)O)c1OC. The van der Waals surface area contributed by atoms with Gasteiger partial charge in [0.15, 0.2) is 11.6 Å². The van der Waals surface area contributed by atoms with Crippen molar-refractivity contribution in [2.24, 2.45) is 0 Å². The fourth-order valence-corrected chi connectivity index (χ4v) is 1.12. The van der Waals surface area contributed by atoms with E-state index in [2.05, 4.69) is 20.6 Å². The molecule has 0 aliphatic rings. The normalized spacial score (nSPS) is 12.0. The highest BCUT2D eigenvalue weighted by molar-refractivity contribution is 5.63. The first kappa shape index (κ1) is 11.5. The second kappa shape index (κ2) is 5.35. The molecule has 1 atom stereocenters. The highest BCUT2D eigenvalue weighted by Gasteiger charge is 2.10. The summed E-state index contributed by atoms with van der Waals surface area (Å²) in [6, 6.07) is 0. The molecule has 1 heterocycles. The third-order valence-electron chi connectivity index (χ3n) is 1.81. The Labute approximate surface area is 88.7 Å². The highest BCUT2D eigenvalue weighted by atomic mass is 16.5. The van der Waals surface area contributed by atoms with Crippen LogP contribution in [-0.4, -0.2) is 41.9 Å². The molecule has 1 rings (SSSR count). The van der Waals surface area contributed by atoms with Gasteiger partial charge in [0.05, 0.1) is 13.2 Å². The van der Waals surface area contributed by atoms with Crippen molar-refractivity contribution in [3.8, 4) is 5.75 Å². The van der Waals surface area contributed by atoms with E-state index in [1.807, 2.05) is 0 Å². The van der Waals surface area contributed by atoms with E-state index in [-0.39, 0.29) is 0 Å². The van der Waals surface area contributed by atoms with Crippen LogP contribution in [0.25, 0.3) is 0 Å². The summed E-state index contributed by atoms with van der Waals surface area (Å²) >= 11 is 0. The van der Waals surface area contributed by atoms with Crippen molar-refractivity contribution in [1.82, 2.24) is 9.97 Å². The lowest BCUT2D eigenvalue weighted by atomic mass is 10.4. The van der Waals surface area contributed by atoms with Gasteiger partial charge >= 0.3 is 0 Å². The molecule has 0 amide bonds. The maximum atomic E-state index is 9.14. The zero-order valence-electron chi connectivity index (χ0n) is 9.11. The number of anilines is 2. The maximum absolute atomic E-state index is 9.14. The molecule has 0 spiro atoms. The molecule has 0 fully saturated rings. The van der Waals surface area contributed by atoms with Crippen LogP contribution < -0.4 is 15.4 Å². The van der Waals surface area contributed by atoms with E-state index in [1.54, 1.807) is 21.1 Å². The third-order valence-corrected chi connectivity index (χ3v) is 1.81. The van der Waals surface area contributed by atoms with Crippen LogP contribution in [0.15, 0.2) is 6.33 Å². The zero-order chi connectivity index (χ0) is 11.3. The maximum Gasteiger partial charge on any atom is 0.204 e. The van der Waals surface area contributed by atoms with Crippen LogP contribution in [-0.2, 0) is 0 Å². The quantitative estimate of drug-likeness (QED) is 0.652. The van der Waals surface area contributed by atoms with Gasteiger partial charge in [-0.05, 0) is 6.92 Å². The van der Waals surface area contributed by atoms with Crippen molar-refractivity contribution in [2.45, 2.75) is 13.0 Å². The molecule has 0 bridgehead atoms. The first-order valence-electron chi connectivity index (χ1n) is 4.67. The van der Waals surface area contributed by atoms with Gasteiger partial charge in [0.25, 0.3) is 0 Å². The average molecular weight is 212 g/mol. The minimum Gasteiger partial charge on any atom is -0.490 e. The van der Waals surface area contributed by atoms with Crippen LogP contribution in [0.2, 0.25) is 0 Å². The Morgan fingerprint density at radius 3 is 2.67 bits per heavy atom. The molecule has 6 nitrogen and oxygen atoms in total. The van der Waals surface area contributed by atoms with E-state index in [0.717, 1.165) is 0 Å². The number of hydrogen-bond donors (Lipinski definition) is 3. The molecule has 15 heavy (non-hydrogen) atoms. The van der Waals surface area contributed by atoms with Crippen LogP contribution in [0.3, 0.4) is 0 Å². The molecule has 1 aromatic heterocycles. The van der Waals surface area contributed by atoms with E-state index in [0.29, 0.717) is 23.9 Å². The van der Waals surface area contributed by atoms with Crippen molar-refractivity contribution >= 4 is 11.6 Å². The summed E-state index contributed by atoms with van der Waals surface area (Å²) in [5, 5.41) is 15.0. The first-order chi connectivity index (χ1) is 7.19. The Hall–Kier alpha value is -1.56. The summed E-state index contributed by atoms with van der Waals surface area (Å²) in [6.07, 6.45) is 0.987. The summed E-state index contributed by atoms with van der Waals surface area (Å²) in [7, 11) is 3.30. The molecular weight excluding hydrogens is 196 g/mol. The molecular formula is C9H16N4O2. The summed E-state index contributed by atoms with van der Waals surface area (Å²) in [5.74, 6) is 1.72. The number of aliphatic hydroxyl groups excluding tert-OH is 1. The van der Waals surface area contributed by atoms with Gasteiger partial charge in [0.2, 0.25) is 5.75 Å². The second-order valence-electron chi connectivity index (χ2n) is 3.08. The van der Waals surface area contributed by atoms with Crippen LogP contribution in [0.1, 0.15) is 6.92 Å². The van der Waals surface area contributed by atoms with Gasteiger partial charge in [-0.25, -0.2) is 9.97 Å². The molecule has 0 saturated carbocycles. The second-order valence-corrected chi connectivity index (χ2v) is 3.08. The number of nitrogens with zero attached hydrogens (tertiary/aromatic N) is 2. The van der Waals surface area contributed by atoms with Crippen LogP contribution in [0.5, 0.6) is 5.75 Å². The summed E-state index contributed by atoms with van der Waals surface area (Å²) < 4.78 is 5.17. The number of hydrogen-bond acceptors (Lipinski definition) is 6. The Morgan fingerprint density at radius 1 is 1.47 bits per heavy atom. The van der Waals surface area contributed by atoms with Crippen LogP contribution in [0.4, 0.5) is 11.6 Å². The summed E-state index contributed by atoms with van der Waals surface area (Å²) in [6.45, 7) is 2.11. The largest absolute Gasteiger partial charge is 0.490 e. The number of aliphatic hydroxyl groups is 1. The molecule has 0 aliphatic carbocycles. The van der Waals surface area contributed by atoms with E-state index >= 15 is 0 Å². The van der Waals surface area contributed by atoms with Crippen molar-refractivity contribution in [2.75, 3.05) is 31.3 Å². The molecule has 0 saturated heterocycles. The van der Waals surface area contributed by atoms with Crippen molar-refractivity contribution in [3.05, 3.63) is 6.33 Å². The van der Waals surface area contributed by atoms with Crippen molar-refractivity contribution in [3.63, 3.8) is 0 Å². The minimum atomic E-state index is -0.442. The zero-order valence-corrected chi connectivity index (χ0v) is 9.11. The summed E-state index contributed by atoms with van der Waals surface area (Å²) in [5.41, 5.74) is 0. The molecule has 1 unspecified atom stereocenters. The van der Waals surface area contributed by atoms with E-state index in [9.17, 15) is 0 Å². The number of ether oxygens (including phenoxy) is 1. The first-order valence-corrected chi connectivity index (χ1v) is 4.67. The summed E-state index contributed by atoms with van der Waals surface area (Å²) in [4.78, 5) is 8.04. The molecule has 1 aromatic rings. The number of methoxy groups -OCH3 is 1. The lowest BCUT2D eigenvalue weighted by Crippen LogP contribution is -2.17. The van der Waals surface area contributed by atoms with Gasteiger partial charge < -0.3 is 20.5 Å². The molecule has 3 N–H and O–H groups in total. The minimum absolute atomic E-state index is 0.413. The fraction of sp³-hybridized carbons (Fsp3) is 0.556. The van der Waals surface area contributed by atoms with Gasteiger partial charge in [-0.3, -0.25) is 0 Å². The molecule has 84 valence electrons. The number of rotatable bonds is 5. The van der Waals surface area contributed by atoms with Gasteiger partial charge in [0, 0.05) is 13.6 Å². The van der Waals surface area contributed by atoms with E-state index in [4.69, 9.17) is 9.84 Å². The Kier molecular flexibility index (Phi) is 4.11.